The molecule has 0 amide bonds. The van der Waals surface area contributed by atoms with Crippen LogP contribution in [0.3, 0.4) is 0 Å². The summed E-state index contributed by atoms with van der Waals surface area (Å²) in [5.74, 6) is 0. The third-order valence-electron chi connectivity index (χ3n) is 2.23. The summed E-state index contributed by atoms with van der Waals surface area (Å²) in [6, 6.07) is 19.1. The van der Waals surface area contributed by atoms with Gasteiger partial charge in [-0.3, -0.25) is 0 Å². The zero-order chi connectivity index (χ0) is 9.80. The summed E-state index contributed by atoms with van der Waals surface area (Å²) in [5, 5.41) is 1.24. The van der Waals surface area contributed by atoms with E-state index in [1.807, 2.05) is 0 Å². The lowest BCUT2D eigenvalue weighted by Gasteiger charge is -2.01. The van der Waals surface area contributed by atoms with E-state index < -0.39 is 0 Å². The van der Waals surface area contributed by atoms with Crippen LogP contribution in [-0.4, -0.2) is 0 Å². The van der Waals surface area contributed by atoms with E-state index in [0.717, 1.165) is 6.42 Å². The van der Waals surface area contributed by atoms with E-state index in [1.54, 1.807) is 0 Å². The summed E-state index contributed by atoms with van der Waals surface area (Å²) in [7, 11) is 2.70. The summed E-state index contributed by atoms with van der Waals surface area (Å²) in [5.41, 5.74) is 2.73. The first-order valence-corrected chi connectivity index (χ1v) is 5.31. The molecule has 0 N–H and O–H groups in total. The summed E-state index contributed by atoms with van der Waals surface area (Å²) in [6.07, 6.45) is 1.02. The Labute approximate surface area is 87.2 Å². The van der Waals surface area contributed by atoms with Crippen LogP contribution in [0.1, 0.15) is 11.1 Å². The molecule has 0 radical (unpaired) electrons. The van der Waals surface area contributed by atoms with Gasteiger partial charge in [0.2, 0.25) is 0 Å². The van der Waals surface area contributed by atoms with Gasteiger partial charge in [-0.25, -0.2) is 0 Å². The van der Waals surface area contributed by atoms with Gasteiger partial charge in [0.15, 0.2) is 0 Å². The van der Waals surface area contributed by atoms with Crippen molar-refractivity contribution < 1.29 is 0 Å². The van der Waals surface area contributed by atoms with Crippen LogP contribution in [0.4, 0.5) is 0 Å². The lowest BCUT2D eigenvalue weighted by molar-refractivity contribution is 1.20. The van der Waals surface area contributed by atoms with Crippen molar-refractivity contribution in [1.82, 2.24) is 0 Å². The fourth-order valence-electron chi connectivity index (χ4n) is 1.47. The maximum atomic E-state index is 2.70. The van der Waals surface area contributed by atoms with Gasteiger partial charge in [0, 0.05) is 0 Å². The van der Waals surface area contributed by atoms with E-state index >= 15 is 0 Å². The molecule has 2 aromatic carbocycles. The molecule has 1 atom stereocenters. The maximum absolute atomic E-state index is 2.70. The highest BCUT2D eigenvalue weighted by molar-refractivity contribution is 7.27. The molecule has 0 aliphatic carbocycles. The molecule has 0 saturated carbocycles. The Morgan fingerprint density at radius 1 is 0.714 bits per heavy atom. The van der Waals surface area contributed by atoms with E-state index in [2.05, 4.69) is 63.8 Å². The number of hydrogen-bond donors (Lipinski definition) is 0. The smallest absolute Gasteiger partial charge is 0.00258 e. The van der Waals surface area contributed by atoms with Crippen LogP contribution in [0.25, 0.3) is 0 Å². The first-order chi connectivity index (χ1) is 6.84. The molecular formula is C13H13P. The molecule has 1 heteroatoms. The van der Waals surface area contributed by atoms with E-state index in [4.69, 9.17) is 0 Å². The highest BCUT2D eigenvalue weighted by Gasteiger charge is 1.94. The van der Waals surface area contributed by atoms with Crippen LogP contribution in [0.2, 0.25) is 0 Å². The van der Waals surface area contributed by atoms with Gasteiger partial charge in [0.1, 0.15) is 0 Å². The Bertz CT molecular complexity index is 389. The molecule has 0 heterocycles. The number of hydrogen-bond acceptors (Lipinski definition) is 0. The SMILES string of the molecule is Pc1ccc(Cc2ccccc2)cc1. The van der Waals surface area contributed by atoms with Crippen molar-refractivity contribution in [3.63, 3.8) is 0 Å². The monoisotopic (exact) mass is 200 g/mol. The molecule has 0 aliphatic rings. The van der Waals surface area contributed by atoms with Gasteiger partial charge in [0.05, 0.1) is 0 Å². The third-order valence-corrected chi connectivity index (χ3v) is 2.62. The highest BCUT2D eigenvalue weighted by Crippen LogP contribution is 2.08. The minimum Gasteiger partial charge on any atom is -0.106 e. The first-order valence-electron chi connectivity index (χ1n) is 4.73. The molecular weight excluding hydrogens is 187 g/mol. The second-order valence-electron chi connectivity index (χ2n) is 3.40. The van der Waals surface area contributed by atoms with Crippen molar-refractivity contribution in [3.05, 3.63) is 65.7 Å². The second kappa shape index (κ2) is 4.39. The topological polar surface area (TPSA) is 0 Å². The largest absolute Gasteiger partial charge is 0.106 e. The predicted molar refractivity (Wildman–Crippen MR) is 65.0 cm³/mol. The standard InChI is InChI=1S/C13H13P/c14-13-8-6-12(7-9-13)10-11-4-2-1-3-5-11/h1-9H,10,14H2. The molecule has 70 valence electrons. The van der Waals surface area contributed by atoms with Crippen molar-refractivity contribution in [3.8, 4) is 0 Å². The van der Waals surface area contributed by atoms with Gasteiger partial charge in [-0.2, -0.15) is 0 Å². The van der Waals surface area contributed by atoms with Gasteiger partial charge >= 0.3 is 0 Å². The lowest BCUT2D eigenvalue weighted by atomic mass is 10.1. The van der Waals surface area contributed by atoms with E-state index in [-0.39, 0.29) is 0 Å². The molecule has 14 heavy (non-hydrogen) atoms. The molecule has 2 aromatic rings. The Morgan fingerprint density at radius 3 is 1.93 bits per heavy atom. The highest BCUT2D eigenvalue weighted by atomic mass is 31.0. The summed E-state index contributed by atoms with van der Waals surface area (Å²) < 4.78 is 0. The van der Waals surface area contributed by atoms with Gasteiger partial charge in [-0.15, -0.1) is 9.24 Å². The van der Waals surface area contributed by atoms with Crippen molar-refractivity contribution in [2.45, 2.75) is 6.42 Å². The summed E-state index contributed by atoms with van der Waals surface area (Å²) in [6.45, 7) is 0. The molecule has 0 bridgehead atoms. The Morgan fingerprint density at radius 2 is 1.29 bits per heavy atom. The van der Waals surface area contributed by atoms with Gasteiger partial charge in [-0.05, 0) is 22.9 Å². The minimum atomic E-state index is 1.02. The predicted octanol–water partition coefficient (Wildman–Crippen LogP) is 2.78. The number of benzene rings is 2. The zero-order valence-electron chi connectivity index (χ0n) is 7.98. The van der Waals surface area contributed by atoms with Crippen molar-refractivity contribution in [1.29, 1.82) is 0 Å². The van der Waals surface area contributed by atoms with Crippen LogP contribution in [0.15, 0.2) is 54.6 Å². The number of rotatable bonds is 2. The van der Waals surface area contributed by atoms with Crippen LogP contribution in [0, 0.1) is 0 Å². The normalized spacial score (nSPS) is 10.1. The van der Waals surface area contributed by atoms with Gasteiger partial charge < -0.3 is 0 Å². The van der Waals surface area contributed by atoms with Gasteiger partial charge in [-0.1, -0.05) is 54.6 Å². The molecule has 0 saturated heterocycles. The first kappa shape index (κ1) is 9.43. The van der Waals surface area contributed by atoms with Crippen LogP contribution in [-0.2, 0) is 6.42 Å². The Balaban J connectivity index is 2.16. The average molecular weight is 200 g/mol. The molecule has 0 fully saturated rings. The Kier molecular flexibility index (Phi) is 2.96. The van der Waals surface area contributed by atoms with E-state index in [0.29, 0.717) is 0 Å². The van der Waals surface area contributed by atoms with Crippen molar-refractivity contribution in [2.75, 3.05) is 0 Å². The summed E-state index contributed by atoms with van der Waals surface area (Å²) >= 11 is 0. The molecule has 2 rings (SSSR count). The third kappa shape index (κ3) is 2.43. The molecule has 0 aliphatic heterocycles. The second-order valence-corrected chi connectivity index (χ2v) is 4.07. The van der Waals surface area contributed by atoms with Crippen LogP contribution < -0.4 is 5.30 Å². The van der Waals surface area contributed by atoms with Crippen LogP contribution >= 0.6 is 9.24 Å². The minimum absolute atomic E-state index is 1.02. The van der Waals surface area contributed by atoms with E-state index in [9.17, 15) is 0 Å². The summed E-state index contributed by atoms with van der Waals surface area (Å²) in [4.78, 5) is 0. The van der Waals surface area contributed by atoms with Gasteiger partial charge in [0.25, 0.3) is 0 Å². The van der Waals surface area contributed by atoms with Crippen molar-refractivity contribution in [2.24, 2.45) is 0 Å². The quantitative estimate of drug-likeness (QED) is 0.654. The fourth-order valence-corrected chi connectivity index (χ4v) is 1.66. The average Bonchev–Trinajstić information content (AvgIpc) is 2.23. The van der Waals surface area contributed by atoms with E-state index in [1.165, 1.54) is 16.4 Å². The van der Waals surface area contributed by atoms with Crippen molar-refractivity contribution >= 4 is 14.5 Å². The molecule has 0 nitrogen and oxygen atoms in total. The molecule has 0 spiro atoms. The van der Waals surface area contributed by atoms with Crippen LogP contribution in [0.5, 0.6) is 0 Å². The zero-order valence-corrected chi connectivity index (χ0v) is 9.14. The molecule has 0 aromatic heterocycles. The molecule has 1 unspecified atom stereocenters. The fraction of sp³-hybridized carbons (Fsp3) is 0.0769. The lowest BCUT2D eigenvalue weighted by Crippen LogP contribution is -1.92. The Hall–Kier alpha value is -1.13. The maximum Gasteiger partial charge on any atom is -0.00258 e.